The van der Waals surface area contributed by atoms with E-state index in [2.05, 4.69) is 0 Å². The van der Waals surface area contributed by atoms with Crippen LogP contribution in [0.2, 0.25) is 4.34 Å². The lowest BCUT2D eigenvalue weighted by Gasteiger charge is -2.12. The number of halogens is 1. The van der Waals surface area contributed by atoms with Crippen molar-refractivity contribution in [2.45, 2.75) is 12.8 Å². The second-order valence-electron chi connectivity index (χ2n) is 4.62. The monoisotopic (exact) mass is 335 g/mol. The molecule has 0 saturated heterocycles. The Morgan fingerprint density at radius 3 is 2.27 bits per heavy atom. The van der Waals surface area contributed by atoms with Gasteiger partial charge in [0.25, 0.3) is 11.8 Å². The lowest BCUT2D eigenvalue weighted by molar-refractivity contribution is -0.168. The average molecular weight is 336 g/mol. The number of thiophene rings is 1. The van der Waals surface area contributed by atoms with Crippen LogP contribution in [0.25, 0.3) is 0 Å². The molecule has 0 saturated carbocycles. The molecule has 0 unspecified atom stereocenters. The van der Waals surface area contributed by atoms with E-state index in [-0.39, 0.29) is 17.5 Å². The molecule has 112 valence electrons. The van der Waals surface area contributed by atoms with E-state index in [1.165, 1.54) is 23.5 Å². The Bertz CT molecular complexity index is 735. The van der Waals surface area contributed by atoms with Crippen LogP contribution in [0, 0.1) is 0 Å². The number of nitrogens with zero attached hydrogens (tertiary/aromatic N) is 1. The second kappa shape index (κ2) is 5.90. The van der Waals surface area contributed by atoms with Crippen LogP contribution in [0.3, 0.4) is 0 Å². The number of imide groups is 1. The second-order valence-corrected chi connectivity index (χ2v) is 6.42. The highest BCUT2D eigenvalue weighted by Crippen LogP contribution is 2.24. The summed E-state index contributed by atoms with van der Waals surface area (Å²) in [4.78, 5) is 41.7. The van der Waals surface area contributed by atoms with Crippen molar-refractivity contribution in [2.75, 3.05) is 0 Å². The van der Waals surface area contributed by atoms with E-state index in [1.54, 1.807) is 18.2 Å². The van der Waals surface area contributed by atoms with Gasteiger partial charge in [0.1, 0.15) is 0 Å². The van der Waals surface area contributed by atoms with Crippen LogP contribution < -0.4 is 0 Å². The number of rotatable bonds is 4. The van der Waals surface area contributed by atoms with Gasteiger partial charge in [0.05, 0.1) is 21.9 Å². The third-order valence-corrected chi connectivity index (χ3v) is 4.45. The SMILES string of the molecule is O=C(CCc1ccc(Cl)s1)ON1C(=O)c2ccccc2C1=O. The highest BCUT2D eigenvalue weighted by molar-refractivity contribution is 7.16. The first-order valence-electron chi connectivity index (χ1n) is 6.49. The van der Waals surface area contributed by atoms with E-state index in [9.17, 15) is 14.4 Å². The molecule has 0 bridgehead atoms. The van der Waals surface area contributed by atoms with Gasteiger partial charge >= 0.3 is 5.97 Å². The molecular weight excluding hydrogens is 326 g/mol. The summed E-state index contributed by atoms with van der Waals surface area (Å²) in [6, 6.07) is 9.92. The quantitative estimate of drug-likeness (QED) is 0.805. The average Bonchev–Trinajstić information content (AvgIpc) is 3.03. The first-order chi connectivity index (χ1) is 10.6. The van der Waals surface area contributed by atoms with Gasteiger partial charge in [-0.1, -0.05) is 28.8 Å². The topological polar surface area (TPSA) is 63.7 Å². The summed E-state index contributed by atoms with van der Waals surface area (Å²) < 4.78 is 0.642. The zero-order chi connectivity index (χ0) is 15.7. The van der Waals surface area contributed by atoms with E-state index in [4.69, 9.17) is 16.4 Å². The Morgan fingerprint density at radius 2 is 1.73 bits per heavy atom. The number of fused-ring (bicyclic) bond motifs is 1. The van der Waals surface area contributed by atoms with Crippen molar-refractivity contribution in [1.29, 1.82) is 0 Å². The number of benzene rings is 1. The van der Waals surface area contributed by atoms with Crippen LogP contribution in [0.5, 0.6) is 0 Å². The van der Waals surface area contributed by atoms with Crippen LogP contribution in [0.1, 0.15) is 32.0 Å². The van der Waals surface area contributed by atoms with Crippen molar-refractivity contribution in [1.82, 2.24) is 5.06 Å². The lowest BCUT2D eigenvalue weighted by Crippen LogP contribution is -2.32. The number of hydrogen-bond donors (Lipinski definition) is 0. The maximum absolute atomic E-state index is 12.0. The maximum atomic E-state index is 12.0. The Balaban J connectivity index is 1.63. The summed E-state index contributed by atoms with van der Waals surface area (Å²) in [5.41, 5.74) is 0.482. The third-order valence-electron chi connectivity index (χ3n) is 3.15. The number of hydrogen-bond acceptors (Lipinski definition) is 5. The fourth-order valence-corrected chi connectivity index (χ4v) is 3.20. The van der Waals surface area contributed by atoms with Gasteiger partial charge in [0, 0.05) is 4.88 Å². The van der Waals surface area contributed by atoms with E-state index >= 15 is 0 Å². The molecule has 2 aromatic rings. The molecule has 0 spiro atoms. The minimum atomic E-state index is -0.640. The number of carbonyl (C=O) groups is 3. The molecule has 0 atom stereocenters. The minimum absolute atomic E-state index is 0.0598. The summed E-state index contributed by atoms with van der Waals surface area (Å²) in [6.07, 6.45) is 0.504. The van der Waals surface area contributed by atoms with E-state index < -0.39 is 17.8 Å². The molecular formula is C15H10ClNO4S. The number of amides is 2. The van der Waals surface area contributed by atoms with Gasteiger partial charge in [-0.15, -0.1) is 11.3 Å². The minimum Gasteiger partial charge on any atom is -0.330 e. The standard InChI is InChI=1S/C15H10ClNO4S/c16-12-7-5-9(22-12)6-8-13(18)21-17-14(19)10-3-1-2-4-11(10)15(17)20/h1-5,7H,6,8H2. The molecule has 22 heavy (non-hydrogen) atoms. The van der Waals surface area contributed by atoms with E-state index in [0.717, 1.165) is 4.88 Å². The van der Waals surface area contributed by atoms with Crippen molar-refractivity contribution in [3.8, 4) is 0 Å². The van der Waals surface area contributed by atoms with Gasteiger partial charge in [-0.3, -0.25) is 9.59 Å². The first-order valence-corrected chi connectivity index (χ1v) is 7.68. The molecule has 7 heteroatoms. The van der Waals surface area contributed by atoms with Crippen molar-refractivity contribution >= 4 is 40.7 Å². The summed E-state index contributed by atoms with van der Waals surface area (Å²) in [7, 11) is 0. The molecule has 1 aromatic carbocycles. The van der Waals surface area contributed by atoms with Gasteiger partial charge in [-0.05, 0) is 30.7 Å². The highest BCUT2D eigenvalue weighted by Gasteiger charge is 2.38. The first kappa shape index (κ1) is 14.7. The maximum Gasteiger partial charge on any atom is 0.333 e. The van der Waals surface area contributed by atoms with Gasteiger partial charge in [-0.25, -0.2) is 4.79 Å². The Kier molecular flexibility index (Phi) is 3.96. The van der Waals surface area contributed by atoms with Crippen LogP contribution in [-0.4, -0.2) is 22.8 Å². The predicted molar refractivity (Wildman–Crippen MR) is 80.7 cm³/mol. The Labute approximate surface area is 135 Å². The van der Waals surface area contributed by atoms with Crippen molar-refractivity contribution < 1.29 is 19.2 Å². The normalized spacial score (nSPS) is 13.4. The van der Waals surface area contributed by atoms with Crippen molar-refractivity contribution in [2.24, 2.45) is 0 Å². The molecule has 0 radical (unpaired) electrons. The predicted octanol–water partition coefficient (Wildman–Crippen LogP) is 3.09. The molecule has 2 amide bonds. The fraction of sp³-hybridized carbons (Fsp3) is 0.133. The zero-order valence-electron chi connectivity index (χ0n) is 11.2. The van der Waals surface area contributed by atoms with E-state index in [1.807, 2.05) is 6.07 Å². The van der Waals surface area contributed by atoms with Gasteiger partial charge in [0.2, 0.25) is 0 Å². The number of carbonyl (C=O) groups excluding carboxylic acids is 3. The smallest absolute Gasteiger partial charge is 0.330 e. The summed E-state index contributed by atoms with van der Waals surface area (Å²) in [5.74, 6) is -1.87. The number of aryl methyl sites for hydroxylation is 1. The zero-order valence-corrected chi connectivity index (χ0v) is 12.8. The highest BCUT2D eigenvalue weighted by atomic mass is 35.5. The summed E-state index contributed by atoms with van der Waals surface area (Å²) in [5, 5.41) is 0.522. The molecule has 0 fully saturated rings. The molecule has 2 heterocycles. The van der Waals surface area contributed by atoms with Gasteiger partial charge in [0.15, 0.2) is 0 Å². The van der Waals surface area contributed by atoms with Crippen LogP contribution in [0.4, 0.5) is 0 Å². The van der Waals surface area contributed by atoms with Crippen LogP contribution >= 0.6 is 22.9 Å². The molecule has 5 nitrogen and oxygen atoms in total. The van der Waals surface area contributed by atoms with Crippen LogP contribution in [-0.2, 0) is 16.1 Å². The van der Waals surface area contributed by atoms with E-state index in [0.29, 0.717) is 15.8 Å². The summed E-state index contributed by atoms with van der Waals surface area (Å²) in [6.45, 7) is 0. The summed E-state index contributed by atoms with van der Waals surface area (Å²) >= 11 is 7.18. The van der Waals surface area contributed by atoms with Crippen molar-refractivity contribution in [3.05, 3.63) is 56.7 Å². The molecule has 3 rings (SSSR count). The molecule has 0 N–H and O–H groups in total. The molecule has 0 aliphatic carbocycles. The Morgan fingerprint density at radius 1 is 1.09 bits per heavy atom. The van der Waals surface area contributed by atoms with Gasteiger partial charge < -0.3 is 4.84 Å². The Hall–Kier alpha value is -2.18. The number of hydroxylamine groups is 2. The van der Waals surface area contributed by atoms with Gasteiger partial charge in [-0.2, -0.15) is 0 Å². The fourth-order valence-electron chi connectivity index (χ4n) is 2.11. The van der Waals surface area contributed by atoms with Crippen molar-refractivity contribution in [3.63, 3.8) is 0 Å². The molecule has 1 aromatic heterocycles. The largest absolute Gasteiger partial charge is 0.333 e. The third kappa shape index (κ3) is 2.75. The lowest BCUT2D eigenvalue weighted by atomic mass is 10.1. The molecule has 1 aliphatic heterocycles. The van der Waals surface area contributed by atoms with Crippen LogP contribution in [0.15, 0.2) is 36.4 Å². The molecule has 1 aliphatic rings.